The second-order valence-corrected chi connectivity index (χ2v) is 8.72. The third kappa shape index (κ3) is 3.45. The lowest BCUT2D eigenvalue weighted by Gasteiger charge is -2.40. The van der Waals surface area contributed by atoms with Crippen LogP contribution >= 0.6 is 0 Å². The Bertz CT molecular complexity index is 805. The number of hydrogen-bond acceptors (Lipinski definition) is 2. The molecule has 1 aromatic carbocycles. The lowest BCUT2D eigenvalue weighted by molar-refractivity contribution is 0.384. The monoisotopic (exact) mass is 357 g/mol. The first-order chi connectivity index (χ1) is 12.1. The number of fused-ring (bicyclic) bond motifs is 2. The highest BCUT2D eigenvalue weighted by atomic mass is 32.2. The number of unbranched alkanes of at least 4 members (excludes halogenated alkanes) is 2. The van der Waals surface area contributed by atoms with Crippen molar-refractivity contribution in [2.75, 3.05) is 5.75 Å². The zero-order chi connectivity index (χ0) is 17.9. The highest BCUT2D eigenvalue weighted by molar-refractivity contribution is 7.89. The molecule has 1 aromatic rings. The maximum atomic E-state index is 13.2. The van der Waals surface area contributed by atoms with Gasteiger partial charge in [-0.15, -0.1) is 6.58 Å². The van der Waals surface area contributed by atoms with Crippen LogP contribution in [0.15, 0.2) is 54.8 Å². The van der Waals surface area contributed by atoms with Gasteiger partial charge < -0.3 is 0 Å². The molecule has 1 heterocycles. The SMILES string of the molecule is C=CCC1c2ccccc2C2=C(C=CCC2)N1S(=O)(=O)CCCCC. The molecular formula is C21H27NO2S. The molecule has 0 spiro atoms. The standard InChI is InChI=1S/C21H27NO2S/c1-3-5-10-16-25(23,24)22-20(11-4-2)18-13-7-6-12-17(18)19-14-8-9-15-21(19)22/h4,6-7,9,12-13,15,20H,2-3,5,8,10-11,14,16H2,1H3. The van der Waals surface area contributed by atoms with Crippen molar-refractivity contribution in [3.63, 3.8) is 0 Å². The lowest BCUT2D eigenvalue weighted by atomic mass is 9.84. The molecule has 134 valence electrons. The van der Waals surface area contributed by atoms with Crippen LogP contribution in [0.4, 0.5) is 0 Å². The Morgan fingerprint density at radius 1 is 1.28 bits per heavy atom. The van der Waals surface area contributed by atoms with E-state index in [1.165, 1.54) is 5.56 Å². The Balaban J connectivity index is 2.11. The highest BCUT2D eigenvalue weighted by Crippen LogP contribution is 2.46. The van der Waals surface area contributed by atoms with Crippen LogP contribution in [0.25, 0.3) is 5.57 Å². The van der Waals surface area contributed by atoms with Gasteiger partial charge in [0.15, 0.2) is 0 Å². The van der Waals surface area contributed by atoms with Crippen molar-refractivity contribution in [3.05, 3.63) is 65.9 Å². The van der Waals surface area contributed by atoms with E-state index in [9.17, 15) is 8.42 Å². The predicted molar refractivity (Wildman–Crippen MR) is 104 cm³/mol. The van der Waals surface area contributed by atoms with E-state index in [-0.39, 0.29) is 11.8 Å². The summed E-state index contributed by atoms with van der Waals surface area (Å²) in [4.78, 5) is 0. The van der Waals surface area contributed by atoms with E-state index in [2.05, 4.69) is 31.7 Å². The summed E-state index contributed by atoms with van der Waals surface area (Å²) < 4.78 is 28.2. The largest absolute Gasteiger partial charge is 0.262 e. The molecule has 2 aliphatic rings. The molecule has 0 saturated carbocycles. The molecule has 25 heavy (non-hydrogen) atoms. The smallest absolute Gasteiger partial charge is 0.235 e. The topological polar surface area (TPSA) is 37.4 Å². The van der Waals surface area contributed by atoms with Crippen LogP contribution in [-0.2, 0) is 10.0 Å². The molecule has 0 fully saturated rings. The second-order valence-electron chi connectivity index (χ2n) is 6.75. The second kappa shape index (κ2) is 7.61. The van der Waals surface area contributed by atoms with E-state index < -0.39 is 10.0 Å². The molecule has 0 N–H and O–H groups in total. The van der Waals surface area contributed by atoms with E-state index in [1.807, 2.05) is 24.3 Å². The van der Waals surface area contributed by atoms with Gasteiger partial charge in [0.2, 0.25) is 10.0 Å². The number of sulfonamides is 1. The van der Waals surface area contributed by atoms with Crippen molar-refractivity contribution >= 4 is 15.6 Å². The molecule has 3 nitrogen and oxygen atoms in total. The van der Waals surface area contributed by atoms with Gasteiger partial charge in [-0.1, -0.05) is 56.2 Å². The first kappa shape index (κ1) is 18.0. The maximum Gasteiger partial charge on any atom is 0.235 e. The summed E-state index contributed by atoms with van der Waals surface area (Å²) in [6.07, 6.45) is 11.1. The first-order valence-electron chi connectivity index (χ1n) is 9.22. The Morgan fingerprint density at radius 3 is 2.84 bits per heavy atom. The van der Waals surface area contributed by atoms with Crippen LogP contribution in [0, 0.1) is 0 Å². The zero-order valence-electron chi connectivity index (χ0n) is 14.9. The van der Waals surface area contributed by atoms with Crippen molar-refractivity contribution in [2.24, 2.45) is 0 Å². The minimum atomic E-state index is -3.36. The Kier molecular flexibility index (Phi) is 5.48. The zero-order valence-corrected chi connectivity index (χ0v) is 15.8. The number of rotatable bonds is 7. The van der Waals surface area contributed by atoms with Gasteiger partial charge in [-0.05, 0) is 48.5 Å². The van der Waals surface area contributed by atoms with Crippen molar-refractivity contribution in [2.45, 2.75) is 51.5 Å². The van der Waals surface area contributed by atoms with Crippen molar-refractivity contribution in [1.82, 2.24) is 4.31 Å². The number of nitrogens with zero attached hydrogens (tertiary/aromatic N) is 1. The van der Waals surface area contributed by atoms with E-state index >= 15 is 0 Å². The maximum absolute atomic E-state index is 13.2. The number of benzene rings is 1. The van der Waals surface area contributed by atoms with Gasteiger partial charge in [0.05, 0.1) is 17.5 Å². The fourth-order valence-corrected chi connectivity index (χ4v) is 5.67. The summed E-state index contributed by atoms with van der Waals surface area (Å²) in [7, 11) is -3.36. The number of allylic oxidation sites excluding steroid dienone is 3. The molecule has 1 atom stereocenters. The molecule has 1 unspecified atom stereocenters. The molecule has 0 bridgehead atoms. The van der Waals surface area contributed by atoms with E-state index in [4.69, 9.17) is 0 Å². The average Bonchev–Trinajstić information content (AvgIpc) is 2.62. The van der Waals surface area contributed by atoms with Crippen LogP contribution in [0.5, 0.6) is 0 Å². The van der Waals surface area contributed by atoms with Gasteiger partial charge in [0, 0.05) is 0 Å². The van der Waals surface area contributed by atoms with Crippen LogP contribution in [0.2, 0.25) is 0 Å². The van der Waals surface area contributed by atoms with Crippen molar-refractivity contribution in [3.8, 4) is 0 Å². The summed E-state index contributed by atoms with van der Waals surface area (Å²) in [6.45, 7) is 5.96. The first-order valence-corrected chi connectivity index (χ1v) is 10.8. The molecule has 0 amide bonds. The van der Waals surface area contributed by atoms with E-state index in [0.717, 1.165) is 42.5 Å². The number of hydrogen-bond donors (Lipinski definition) is 0. The highest BCUT2D eigenvalue weighted by Gasteiger charge is 2.38. The fourth-order valence-electron chi connectivity index (χ4n) is 3.84. The third-order valence-corrected chi connectivity index (χ3v) is 6.86. The minimum absolute atomic E-state index is 0.193. The predicted octanol–water partition coefficient (Wildman–Crippen LogP) is 5.20. The van der Waals surface area contributed by atoms with Gasteiger partial charge >= 0.3 is 0 Å². The Morgan fingerprint density at radius 2 is 2.08 bits per heavy atom. The average molecular weight is 358 g/mol. The summed E-state index contributed by atoms with van der Waals surface area (Å²) in [5.74, 6) is 0.210. The fraction of sp³-hybridized carbons (Fsp3) is 0.429. The molecule has 3 rings (SSSR count). The van der Waals surface area contributed by atoms with Gasteiger partial charge in [0.1, 0.15) is 0 Å². The van der Waals surface area contributed by atoms with Crippen LogP contribution < -0.4 is 0 Å². The van der Waals surface area contributed by atoms with Crippen LogP contribution in [-0.4, -0.2) is 18.5 Å². The van der Waals surface area contributed by atoms with E-state index in [0.29, 0.717) is 12.8 Å². The normalized spacial score (nSPS) is 19.6. The quantitative estimate of drug-likeness (QED) is 0.497. The van der Waals surface area contributed by atoms with Crippen molar-refractivity contribution in [1.29, 1.82) is 0 Å². The molecule has 0 saturated heterocycles. The minimum Gasteiger partial charge on any atom is -0.262 e. The summed E-state index contributed by atoms with van der Waals surface area (Å²) in [5, 5.41) is 0. The van der Waals surface area contributed by atoms with Crippen LogP contribution in [0.1, 0.15) is 62.6 Å². The lowest BCUT2D eigenvalue weighted by Crippen LogP contribution is -2.39. The molecule has 0 radical (unpaired) electrons. The molecule has 1 aliphatic carbocycles. The van der Waals surface area contributed by atoms with Crippen LogP contribution in [0.3, 0.4) is 0 Å². The molecule has 0 aromatic heterocycles. The molecule has 4 heteroatoms. The molecule has 1 aliphatic heterocycles. The molecular weight excluding hydrogens is 330 g/mol. The summed E-state index contributed by atoms with van der Waals surface area (Å²) in [6, 6.07) is 8.04. The Labute approximate surface area is 151 Å². The van der Waals surface area contributed by atoms with E-state index in [1.54, 1.807) is 4.31 Å². The summed E-state index contributed by atoms with van der Waals surface area (Å²) in [5.41, 5.74) is 4.34. The van der Waals surface area contributed by atoms with Crippen molar-refractivity contribution < 1.29 is 8.42 Å². The third-order valence-electron chi connectivity index (χ3n) is 5.01. The summed E-state index contributed by atoms with van der Waals surface area (Å²) >= 11 is 0. The van der Waals surface area contributed by atoms with Gasteiger partial charge in [0.25, 0.3) is 0 Å². The van der Waals surface area contributed by atoms with Gasteiger partial charge in [-0.3, -0.25) is 4.31 Å². The van der Waals surface area contributed by atoms with Gasteiger partial charge in [-0.2, -0.15) is 0 Å². The Hall–Kier alpha value is -1.81. The van der Waals surface area contributed by atoms with Gasteiger partial charge in [-0.25, -0.2) is 8.42 Å².